The van der Waals surface area contributed by atoms with Crippen LogP contribution >= 0.6 is 0 Å². The van der Waals surface area contributed by atoms with E-state index < -0.39 is 0 Å². The Labute approximate surface area is 149 Å². The summed E-state index contributed by atoms with van der Waals surface area (Å²) in [5.41, 5.74) is 1.35. The minimum atomic E-state index is -0.145. The fourth-order valence-electron chi connectivity index (χ4n) is 3.45. The maximum absolute atomic E-state index is 12.5. The van der Waals surface area contributed by atoms with E-state index in [9.17, 15) is 9.59 Å². The van der Waals surface area contributed by atoms with Gasteiger partial charge in [-0.25, -0.2) is 4.79 Å². The van der Waals surface area contributed by atoms with E-state index in [1.807, 2.05) is 9.58 Å². The zero-order valence-electron chi connectivity index (χ0n) is 15.3. The van der Waals surface area contributed by atoms with Crippen LogP contribution in [0.25, 0.3) is 0 Å². The summed E-state index contributed by atoms with van der Waals surface area (Å²) in [5.74, 6) is 0.258. The fraction of sp³-hybridized carbons (Fsp3) is 0.722. The molecule has 3 amide bonds. The van der Waals surface area contributed by atoms with E-state index >= 15 is 0 Å². The van der Waals surface area contributed by atoms with Gasteiger partial charge in [-0.3, -0.25) is 9.48 Å². The summed E-state index contributed by atoms with van der Waals surface area (Å²) >= 11 is 0. The van der Waals surface area contributed by atoms with Crippen LogP contribution in [0, 0.1) is 5.92 Å². The standard InChI is InChI=1S/C18H29N5O2/c1-13(2)11-19-17(24)16-10-15-12-22(8-9-23(15)21-16)18(25)20-14-6-4-3-5-7-14/h10,13-14H,3-9,11-12H2,1-2H3,(H,19,24)(H,20,25). The molecule has 1 aromatic heterocycles. The van der Waals surface area contributed by atoms with Gasteiger partial charge in [0.1, 0.15) is 0 Å². The Balaban J connectivity index is 1.57. The number of hydrogen-bond acceptors (Lipinski definition) is 3. The van der Waals surface area contributed by atoms with Gasteiger partial charge >= 0.3 is 6.03 Å². The number of rotatable bonds is 4. The van der Waals surface area contributed by atoms with Crippen molar-refractivity contribution in [2.75, 3.05) is 13.1 Å². The Morgan fingerprint density at radius 3 is 2.72 bits per heavy atom. The van der Waals surface area contributed by atoms with Crippen LogP contribution in [-0.2, 0) is 13.1 Å². The first kappa shape index (κ1) is 17.8. The molecule has 1 saturated carbocycles. The number of urea groups is 1. The molecule has 1 fully saturated rings. The average molecular weight is 347 g/mol. The first-order chi connectivity index (χ1) is 12.0. The van der Waals surface area contributed by atoms with Crippen LogP contribution in [0.2, 0.25) is 0 Å². The van der Waals surface area contributed by atoms with Gasteiger partial charge < -0.3 is 15.5 Å². The third kappa shape index (κ3) is 4.52. The number of hydrogen-bond donors (Lipinski definition) is 2. The predicted molar refractivity (Wildman–Crippen MR) is 95.2 cm³/mol. The van der Waals surface area contributed by atoms with E-state index in [1.54, 1.807) is 6.07 Å². The molecule has 0 spiro atoms. The Hall–Kier alpha value is -2.05. The third-order valence-electron chi connectivity index (χ3n) is 4.92. The van der Waals surface area contributed by atoms with Crippen molar-refractivity contribution in [1.29, 1.82) is 0 Å². The van der Waals surface area contributed by atoms with Crippen LogP contribution in [0.4, 0.5) is 4.79 Å². The topological polar surface area (TPSA) is 79.3 Å². The molecule has 2 heterocycles. The van der Waals surface area contributed by atoms with E-state index in [2.05, 4.69) is 29.6 Å². The monoisotopic (exact) mass is 347 g/mol. The summed E-state index contributed by atoms with van der Waals surface area (Å²) in [6.07, 6.45) is 5.84. The first-order valence-electron chi connectivity index (χ1n) is 9.43. The van der Waals surface area contributed by atoms with Crippen LogP contribution in [0.3, 0.4) is 0 Å². The molecule has 1 aromatic rings. The molecule has 1 aliphatic heterocycles. The quantitative estimate of drug-likeness (QED) is 0.876. The number of carbonyl (C=O) groups excluding carboxylic acids is 2. The lowest BCUT2D eigenvalue weighted by molar-refractivity contribution is 0.0942. The molecule has 0 aromatic carbocycles. The van der Waals surface area contributed by atoms with Crippen LogP contribution in [0.1, 0.15) is 62.1 Å². The highest BCUT2D eigenvalue weighted by molar-refractivity contribution is 5.92. The lowest BCUT2D eigenvalue weighted by Crippen LogP contribution is -2.48. The maximum Gasteiger partial charge on any atom is 0.318 e. The molecule has 0 bridgehead atoms. The lowest BCUT2D eigenvalue weighted by Gasteiger charge is -2.31. The van der Waals surface area contributed by atoms with Gasteiger partial charge in [-0.15, -0.1) is 0 Å². The fourth-order valence-corrected chi connectivity index (χ4v) is 3.45. The lowest BCUT2D eigenvalue weighted by atomic mass is 9.96. The van der Waals surface area contributed by atoms with Crippen molar-refractivity contribution in [2.24, 2.45) is 5.92 Å². The summed E-state index contributed by atoms with van der Waals surface area (Å²) in [6, 6.07) is 2.12. The summed E-state index contributed by atoms with van der Waals surface area (Å²) in [5, 5.41) is 10.4. The molecule has 3 rings (SSSR count). The molecule has 2 aliphatic rings. The smallest absolute Gasteiger partial charge is 0.318 e. The zero-order chi connectivity index (χ0) is 17.8. The van der Waals surface area contributed by atoms with Crippen LogP contribution in [-0.4, -0.2) is 45.8 Å². The van der Waals surface area contributed by atoms with Gasteiger partial charge in [-0.2, -0.15) is 5.10 Å². The van der Waals surface area contributed by atoms with Crippen molar-refractivity contribution in [2.45, 2.75) is 65.1 Å². The van der Waals surface area contributed by atoms with Crippen molar-refractivity contribution in [3.05, 3.63) is 17.5 Å². The van der Waals surface area contributed by atoms with Crippen LogP contribution < -0.4 is 10.6 Å². The Morgan fingerprint density at radius 2 is 2.00 bits per heavy atom. The summed E-state index contributed by atoms with van der Waals surface area (Å²) in [6.45, 7) is 6.51. The highest BCUT2D eigenvalue weighted by Gasteiger charge is 2.25. The summed E-state index contributed by atoms with van der Waals surface area (Å²) < 4.78 is 1.84. The number of nitrogens with one attached hydrogen (secondary N) is 2. The van der Waals surface area contributed by atoms with Crippen molar-refractivity contribution in [1.82, 2.24) is 25.3 Å². The number of amides is 3. The average Bonchev–Trinajstić information content (AvgIpc) is 3.03. The molecule has 1 aliphatic carbocycles. The summed E-state index contributed by atoms with van der Waals surface area (Å²) in [4.78, 5) is 26.5. The molecule has 138 valence electrons. The Morgan fingerprint density at radius 1 is 1.24 bits per heavy atom. The zero-order valence-corrected chi connectivity index (χ0v) is 15.3. The largest absolute Gasteiger partial charge is 0.350 e. The van der Waals surface area contributed by atoms with Gasteiger partial charge in [0.2, 0.25) is 0 Å². The minimum Gasteiger partial charge on any atom is -0.350 e. The second kappa shape index (κ2) is 7.89. The molecule has 0 radical (unpaired) electrons. The SMILES string of the molecule is CC(C)CNC(=O)c1cc2n(n1)CCN(C(=O)NC1CCCCC1)C2. The Bertz CT molecular complexity index is 619. The van der Waals surface area contributed by atoms with Gasteiger partial charge in [0.25, 0.3) is 5.91 Å². The van der Waals surface area contributed by atoms with Gasteiger partial charge in [0.15, 0.2) is 5.69 Å². The number of aromatic nitrogens is 2. The molecule has 25 heavy (non-hydrogen) atoms. The van der Waals surface area contributed by atoms with E-state index in [-0.39, 0.29) is 11.9 Å². The van der Waals surface area contributed by atoms with Gasteiger partial charge in [0, 0.05) is 19.1 Å². The van der Waals surface area contributed by atoms with Gasteiger partial charge in [0.05, 0.1) is 18.8 Å². The van der Waals surface area contributed by atoms with E-state index in [0.717, 1.165) is 18.5 Å². The van der Waals surface area contributed by atoms with Crippen molar-refractivity contribution >= 4 is 11.9 Å². The highest BCUT2D eigenvalue weighted by Crippen LogP contribution is 2.19. The molecule has 0 unspecified atom stereocenters. The van der Waals surface area contributed by atoms with Gasteiger partial charge in [-0.1, -0.05) is 33.1 Å². The van der Waals surface area contributed by atoms with E-state index in [1.165, 1.54) is 19.3 Å². The van der Waals surface area contributed by atoms with E-state index in [0.29, 0.717) is 43.8 Å². The van der Waals surface area contributed by atoms with Gasteiger partial charge in [-0.05, 0) is 24.8 Å². The molecular formula is C18H29N5O2. The normalized spacial score (nSPS) is 18.1. The number of carbonyl (C=O) groups is 2. The Kier molecular flexibility index (Phi) is 5.60. The second-order valence-corrected chi connectivity index (χ2v) is 7.55. The minimum absolute atomic E-state index is 0.00478. The van der Waals surface area contributed by atoms with Crippen molar-refractivity contribution in [3.8, 4) is 0 Å². The van der Waals surface area contributed by atoms with Crippen molar-refractivity contribution < 1.29 is 9.59 Å². The van der Waals surface area contributed by atoms with Crippen LogP contribution in [0.15, 0.2) is 6.07 Å². The summed E-state index contributed by atoms with van der Waals surface area (Å²) in [7, 11) is 0. The third-order valence-corrected chi connectivity index (χ3v) is 4.92. The molecule has 2 N–H and O–H groups in total. The molecule has 0 saturated heterocycles. The second-order valence-electron chi connectivity index (χ2n) is 7.55. The predicted octanol–water partition coefficient (Wildman–Crippen LogP) is 2.13. The number of fused-ring (bicyclic) bond motifs is 1. The van der Waals surface area contributed by atoms with Crippen molar-refractivity contribution in [3.63, 3.8) is 0 Å². The molecule has 7 nitrogen and oxygen atoms in total. The molecular weight excluding hydrogens is 318 g/mol. The number of nitrogens with zero attached hydrogens (tertiary/aromatic N) is 3. The maximum atomic E-state index is 12.5. The molecule has 0 atom stereocenters. The first-order valence-corrected chi connectivity index (χ1v) is 9.43. The molecule has 7 heteroatoms. The van der Waals surface area contributed by atoms with E-state index in [4.69, 9.17) is 0 Å². The van der Waals surface area contributed by atoms with Crippen LogP contribution in [0.5, 0.6) is 0 Å². The highest BCUT2D eigenvalue weighted by atomic mass is 16.2.